The minimum atomic E-state index is 0.358. The first-order valence-electron chi connectivity index (χ1n) is 8.91. The average Bonchev–Trinajstić information content (AvgIpc) is 3.29. The first kappa shape index (κ1) is 17.5. The summed E-state index contributed by atoms with van der Waals surface area (Å²) in [5, 5.41) is 0. The van der Waals surface area contributed by atoms with Crippen molar-refractivity contribution in [3.63, 3.8) is 0 Å². The average molecular weight is 335 g/mol. The molecule has 2 aliphatic heterocycles. The molecule has 1 aromatic carbocycles. The van der Waals surface area contributed by atoms with Gasteiger partial charge in [-0.05, 0) is 31.2 Å². The van der Waals surface area contributed by atoms with E-state index in [4.69, 9.17) is 18.9 Å². The number of ether oxygens (including phenoxy) is 4. The van der Waals surface area contributed by atoms with Gasteiger partial charge in [-0.3, -0.25) is 4.90 Å². The number of methoxy groups -OCH3 is 2. The molecule has 2 fully saturated rings. The topological polar surface area (TPSA) is 40.2 Å². The zero-order valence-electron chi connectivity index (χ0n) is 14.8. The fraction of sp³-hybridized carbons (Fsp3) is 0.684. The molecule has 3 rings (SSSR count). The molecular formula is C19H29NO4. The molecule has 0 spiro atoms. The van der Waals surface area contributed by atoms with Crippen LogP contribution in [0.25, 0.3) is 0 Å². The monoisotopic (exact) mass is 335 g/mol. The summed E-state index contributed by atoms with van der Waals surface area (Å²) < 4.78 is 22.3. The number of nitrogens with zero attached hydrogens (tertiary/aromatic N) is 1. The first-order valence-corrected chi connectivity index (χ1v) is 8.91. The van der Waals surface area contributed by atoms with Crippen LogP contribution < -0.4 is 9.47 Å². The van der Waals surface area contributed by atoms with Crippen molar-refractivity contribution in [2.75, 3.05) is 47.1 Å². The van der Waals surface area contributed by atoms with E-state index in [9.17, 15) is 0 Å². The summed E-state index contributed by atoms with van der Waals surface area (Å²) in [5.41, 5.74) is 1.19. The van der Waals surface area contributed by atoms with Gasteiger partial charge >= 0.3 is 0 Å². The summed E-state index contributed by atoms with van der Waals surface area (Å²) in [6, 6.07) is 6.06. The number of hydrogen-bond donors (Lipinski definition) is 0. The molecule has 24 heavy (non-hydrogen) atoms. The molecule has 2 heterocycles. The second-order valence-corrected chi connectivity index (χ2v) is 6.74. The Morgan fingerprint density at radius 1 is 1.12 bits per heavy atom. The van der Waals surface area contributed by atoms with Crippen LogP contribution in [0, 0.1) is 5.92 Å². The highest BCUT2D eigenvalue weighted by molar-refractivity contribution is 5.40. The molecule has 5 heteroatoms. The standard InChI is InChI=1S/C19H29NO4/c1-21-17-6-5-16(19(10-17)22-2)12-20(11-15-7-9-23-14-15)13-18-4-3-8-24-18/h5-6,10,15,18H,3-4,7-9,11-14H2,1-2H3. The van der Waals surface area contributed by atoms with Gasteiger partial charge < -0.3 is 18.9 Å². The lowest BCUT2D eigenvalue weighted by atomic mass is 10.1. The largest absolute Gasteiger partial charge is 0.497 e. The summed E-state index contributed by atoms with van der Waals surface area (Å²) in [4.78, 5) is 2.50. The van der Waals surface area contributed by atoms with Gasteiger partial charge in [-0.15, -0.1) is 0 Å². The number of rotatable bonds is 8. The molecule has 1 aromatic rings. The van der Waals surface area contributed by atoms with Crippen LogP contribution in [0.2, 0.25) is 0 Å². The zero-order chi connectivity index (χ0) is 16.8. The van der Waals surface area contributed by atoms with Crippen LogP contribution >= 0.6 is 0 Å². The van der Waals surface area contributed by atoms with Crippen LogP contribution in [0.5, 0.6) is 11.5 Å². The Labute approximate surface area is 144 Å². The SMILES string of the molecule is COc1ccc(CN(CC2CCOC2)CC2CCCO2)c(OC)c1. The van der Waals surface area contributed by atoms with Crippen molar-refractivity contribution in [1.82, 2.24) is 4.90 Å². The van der Waals surface area contributed by atoms with Gasteiger partial charge in [-0.2, -0.15) is 0 Å². The Balaban J connectivity index is 1.69. The van der Waals surface area contributed by atoms with Gasteiger partial charge in [0.05, 0.1) is 26.9 Å². The predicted octanol–water partition coefficient (Wildman–Crippen LogP) is 2.72. The van der Waals surface area contributed by atoms with Crippen LogP contribution in [0.1, 0.15) is 24.8 Å². The molecule has 0 N–H and O–H groups in total. The van der Waals surface area contributed by atoms with Crippen LogP contribution in [-0.2, 0) is 16.0 Å². The first-order chi connectivity index (χ1) is 11.8. The van der Waals surface area contributed by atoms with Gasteiger partial charge in [0.1, 0.15) is 11.5 Å². The smallest absolute Gasteiger partial charge is 0.127 e. The minimum Gasteiger partial charge on any atom is -0.497 e. The van der Waals surface area contributed by atoms with Gasteiger partial charge in [0, 0.05) is 44.5 Å². The molecule has 2 aliphatic rings. The Hall–Kier alpha value is -1.30. The molecule has 0 aliphatic carbocycles. The van der Waals surface area contributed by atoms with Crippen molar-refractivity contribution in [1.29, 1.82) is 0 Å². The molecule has 0 bridgehead atoms. The van der Waals surface area contributed by atoms with Crippen molar-refractivity contribution in [3.05, 3.63) is 23.8 Å². The second-order valence-electron chi connectivity index (χ2n) is 6.74. The molecule has 0 radical (unpaired) electrons. The van der Waals surface area contributed by atoms with E-state index < -0.39 is 0 Å². The van der Waals surface area contributed by atoms with Crippen molar-refractivity contribution < 1.29 is 18.9 Å². The molecule has 2 unspecified atom stereocenters. The summed E-state index contributed by atoms with van der Waals surface area (Å²) >= 11 is 0. The Kier molecular flexibility index (Phi) is 6.35. The highest BCUT2D eigenvalue weighted by atomic mass is 16.5. The van der Waals surface area contributed by atoms with Gasteiger partial charge in [-0.25, -0.2) is 0 Å². The third-order valence-corrected chi connectivity index (χ3v) is 4.91. The molecule has 2 saturated heterocycles. The third kappa shape index (κ3) is 4.62. The predicted molar refractivity (Wildman–Crippen MR) is 92.7 cm³/mol. The molecule has 2 atom stereocenters. The van der Waals surface area contributed by atoms with Crippen LogP contribution in [0.4, 0.5) is 0 Å². The fourth-order valence-corrected chi connectivity index (χ4v) is 3.60. The van der Waals surface area contributed by atoms with Crippen molar-refractivity contribution in [3.8, 4) is 11.5 Å². The normalized spacial score (nSPS) is 23.8. The Bertz CT molecular complexity index is 492. The quantitative estimate of drug-likeness (QED) is 0.730. The summed E-state index contributed by atoms with van der Waals surface area (Å²) in [5.74, 6) is 2.33. The summed E-state index contributed by atoms with van der Waals surface area (Å²) in [7, 11) is 3.39. The number of benzene rings is 1. The van der Waals surface area contributed by atoms with Crippen LogP contribution in [0.15, 0.2) is 18.2 Å². The van der Waals surface area contributed by atoms with E-state index >= 15 is 0 Å². The van der Waals surface area contributed by atoms with E-state index in [2.05, 4.69) is 11.0 Å². The maximum atomic E-state index is 5.85. The molecule has 134 valence electrons. The lowest BCUT2D eigenvalue weighted by Crippen LogP contribution is -2.36. The summed E-state index contributed by atoms with van der Waals surface area (Å²) in [6.45, 7) is 5.56. The number of hydrogen-bond acceptors (Lipinski definition) is 5. The fourth-order valence-electron chi connectivity index (χ4n) is 3.60. The van der Waals surface area contributed by atoms with Crippen LogP contribution in [0.3, 0.4) is 0 Å². The molecule has 0 aromatic heterocycles. The Morgan fingerprint density at radius 3 is 2.71 bits per heavy atom. The lowest BCUT2D eigenvalue weighted by molar-refractivity contribution is 0.0628. The van der Waals surface area contributed by atoms with Crippen molar-refractivity contribution in [2.45, 2.75) is 31.9 Å². The van der Waals surface area contributed by atoms with Crippen molar-refractivity contribution >= 4 is 0 Å². The maximum Gasteiger partial charge on any atom is 0.127 e. The summed E-state index contributed by atoms with van der Waals surface area (Å²) in [6.07, 6.45) is 3.85. The highest BCUT2D eigenvalue weighted by Gasteiger charge is 2.24. The van der Waals surface area contributed by atoms with Gasteiger partial charge in [0.15, 0.2) is 0 Å². The van der Waals surface area contributed by atoms with Gasteiger partial charge in [0.25, 0.3) is 0 Å². The van der Waals surface area contributed by atoms with E-state index in [1.165, 1.54) is 12.0 Å². The second kappa shape index (κ2) is 8.70. The van der Waals surface area contributed by atoms with Gasteiger partial charge in [-0.1, -0.05) is 6.07 Å². The van der Waals surface area contributed by atoms with Crippen molar-refractivity contribution in [2.24, 2.45) is 5.92 Å². The zero-order valence-corrected chi connectivity index (χ0v) is 14.8. The lowest BCUT2D eigenvalue weighted by Gasteiger charge is -2.28. The molecule has 0 amide bonds. The maximum absolute atomic E-state index is 5.85. The van der Waals surface area contributed by atoms with E-state index in [-0.39, 0.29) is 0 Å². The van der Waals surface area contributed by atoms with Gasteiger partial charge in [0.2, 0.25) is 0 Å². The minimum absolute atomic E-state index is 0.358. The van der Waals surface area contributed by atoms with Crippen LogP contribution in [-0.4, -0.2) is 58.1 Å². The third-order valence-electron chi connectivity index (χ3n) is 4.91. The molecule has 5 nitrogen and oxygen atoms in total. The van der Waals surface area contributed by atoms with E-state index in [1.807, 2.05) is 12.1 Å². The molecule has 0 saturated carbocycles. The van der Waals surface area contributed by atoms with E-state index in [1.54, 1.807) is 14.2 Å². The van der Waals surface area contributed by atoms with E-state index in [0.717, 1.165) is 63.8 Å². The molecular weight excluding hydrogens is 306 g/mol. The highest BCUT2D eigenvalue weighted by Crippen LogP contribution is 2.27. The van der Waals surface area contributed by atoms with E-state index in [0.29, 0.717) is 12.0 Å². The Morgan fingerprint density at radius 2 is 2.04 bits per heavy atom.